The number of halogens is 2. The highest BCUT2D eigenvalue weighted by molar-refractivity contribution is 6.30. The third kappa shape index (κ3) is 13.3. The third-order valence-electron chi connectivity index (χ3n) is 5.65. The number of nitrogens with zero attached hydrogens (tertiary/aromatic N) is 1. The molecule has 0 heterocycles. The molecule has 2 aromatic carbocycles. The zero-order chi connectivity index (χ0) is 28.4. The number of carbonyl (C=O) groups excluding carboxylic acids is 1. The van der Waals surface area contributed by atoms with Gasteiger partial charge in [0, 0.05) is 23.8 Å². The fourth-order valence-corrected chi connectivity index (χ4v) is 3.44. The van der Waals surface area contributed by atoms with Crippen molar-refractivity contribution in [1.82, 2.24) is 0 Å². The van der Waals surface area contributed by atoms with Crippen molar-refractivity contribution in [2.75, 3.05) is 11.4 Å². The van der Waals surface area contributed by atoms with E-state index in [-0.39, 0.29) is 11.6 Å². The molecule has 0 spiro atoms. The van der Waals surface area contributed by atoms with Gasteiger partial charge < -0.3 is 9.64 Å². The maximum atomic E-state index is 14.1. The molecule has 0 aliphatic rings. The van der Waals surface area contributed by atoms with Crippen LogP contribution in [0.3, 0.4) is 0 Å². The van der Waals surface area contributed by atoms with Crippen LogP contribution in [0.2, 0.25) is 0 Å². The number of allylic oxidation sites excluding steroid dienone is 4. The summed E-state index contributed by atoms with van der Waals surface area (Å²) in [7, 11) is 0. The minimum Gasteiger partial charge on any atom is -0.483 e. The zero-order valence-electron chi connectivity index (χ0n) is 23.7. The third-order valence-corrected chi connectivity index (χ3v) is 5.80. The van der Waals surface area contributed by atoms with Gasteiger partial charge >= 0.3 is 0 Å². The lowest BCUT2D eigenvalue weighted by Gasteiger charge is -2.26. The quantitative estimate of drug-likeness (QED) is 0.202. The minimum absolute atomic E-state index is 0.0268. The van der Waals surface area contributed by atoms with Crippen LogP contribution >= 0.6 is 11.6 Å². The Hall–Kier alpha value is -2.85. The van der Waals surface area contributed by atoms with Crippen LogP contribution < -0.4 is 9.64 Å². The van der Waals surface area contributed by atoms with E-state index >= 15 is 0 Å². The first-order chi connectivity index (χ1) is 17.6. The number of anilines is 1. The first-order valence-corrected chi connectivity index (χ1v) is 13.4. The first-order valence-electron chi connectivity index (χ1n) is 13.0. The van der Waals surface area contributed by atoms with E-state index in [1.54, 1.807) is 19.1 Å². The Kier molecular flexibility index (Phi) is 17.8. The molecular weight excluding hydrogens is 485 g/mol. The van der Waals surface area contributed by atoms with Gasteiger partial charge in [0.2, 0.25) is 0 Å². The Morgan fingerprint density at radius 2 is 1.81 bits per heavy atom. The zero-order valence-corrected chi connectivity index (χ0v) is 24.5. The Bertz CT molecular complexity index is 1020. The van der Waals surface area contributed by atoms with Gasteiger partial charge in [-0.1, -0.05) is 81.5 Å². The smallest absolute Gasteiger partial charge is 0.170 e. The summed E-state index contributed by atoms with van der Waals surface area (Å²) in [5.41, 5.74) is 4.47. The number of ketones is 1. The molecule has 2 rings (SSSR count). The van der Waals surface area contributed by atoms with Crippen LogP contribution in [0.25, 0.3) is 0 Å². The minimum atomic E-state index is -0.424. The molecular formula is C32H45ClFNO2. The molecule has 0 aliphatic heterocycles. The maximum absolute atomic E-state index is 14.1. The van der Waals surface area contributed by atoms with Gasteiger partial charge in [0.1, 0.15) is 11.6 Å². The molecule has 0 aromatic heterocycles. The van der Waals surface area contributed by atoms with Gasteiger partial charge in [-0.25, -0.2) is 4.39 Å². The molecule has 0 fully saturated rings. The van der Waals surface area contributed by atoms with Gasteiger partial charge in [-0.2, -0.15) is 0 Å². The summed E-state index contributed by atoms with van der Waals surface area (Å²) in [6.07, 6.45) is 5.66. The average molecular weight is 530 g/mol. The van der Waals surface area contributed by atoms with E-state index in [2.05, 4.69) is 38.0 Å². The first kappa shape index (κ1) is 34.1. The van der Waals surface area contributed by atoms with Crippen LogP contribution in [0, 0.1) is 5.82 Å². The monoisotopic (exact) mass is 529 g/mol. The van der Waals surface area contributed by atoms with Crippen molar-refractivity contribution >= 4 is 23.1 Å². The molecule has 0 N–H and O–H groups in total. The van der Waals surface area contributed by atoms with E-state index in [9.17, 15) is 9.18 Å². The largest absolute Gasteiger partial charge is 0.483 e. The van der Waals surface area contributed by atoms with E-state index in [0.29, 0.717) is 23.7 Å². The Labute approximate surface area is 229 Å². The van der Waals surface area contributed by atoms with Crippen LogP contribution in [0.1, 0.15) is 72.4 Å². The predicted molar refractivity (Wildman–Crippen MR) is 159 cm³/mol. The second-order valence-corrected chi connectivity index (χ2v) is 8.83. The van der Waals surface area contributed by atoms with Gasteiger partial charge in [0.15, 0.2) is 11.9 Å². The van der Waals surface area contributed by atoms with Crippen molar-refractivity contribution in [3.05, 3.63) is 95.3 Å². The summed E-state index contributed by atoms with van der Waals surface area (Å²) in [4.78, 5) is 13.9. The van der Waals surface area contributed by atoms with Crippen molar-refractivity contribution in [3.63, 3.8) is 0 Å². The van der Waals surface area contributed by atoms with Crippen molar-refractivity contribution in [3.8, 4) is 5.75 Å². The molecule has 3 nitrogen and oxygen atoms in total. The normalized spacial score (nSPS) is 11.2. The van der Waals surface area contributed by atoms with Gasteiger partial charge in [-0.05, 0) is 82.3 Å². The molecule has 37 heavy (non-hydrogen) atoms. The number of rotatable bonds is 12. The Morgan fingerprint density at radius 3 is 2.32 bits per heavy atom. The van der Waals surface area contributed by atoms with Gasteiger partial charge in [0.05, 0.1) is 0 Å². The van der Waals surface area contributed by atoms with Crippen molar-refractivity contribution in [1.29, 1.82) is 0 Å². The fraction of sp³-hybridized carbons (Fsp3) is 0.406. The molecule has 5 heteroatoms. The van der Waals surface area contributed by atoms with Crippen molar-refractivity contribution in [2.45, 2.75) is 80.4 Å². The molecule has 0 saturated carbocycles. The number of benzene rings is 2. The van der Waals surface area contributed by atoms with E-state index in [1.165, 1.54) is 11.6 Å². The highest BCUT2D eigenvalue weighted by Crippen LogP contribution is 2.27. The maximum Gasteiger partial charge on any atom is 0.170 e. The molecule has 2 aromatic rings. The fourth-order valence-electron chi connectivity index (χ4n) is 3.44. The van der Waals surface area contributed by atoms with Crippen LogP contribution in [0.5, 0.6) is 5.75 Å². The second kappa shape index (κ2) is 19.3. The van der Waals surface area contributed by atoms with Crippen LogP contribution in [0.15, 0.2) is 78.4 Å². The standard InChI is InChI=1S/C26H34FNO2.C4H5Cl.C2H6/c1-6-19(4)12-13-22-14-15-23(27)17-25(22)28(8-3)18-21-10-9-11-24(16-21)30-26(7-2)20(5)29;1-3-4(2)5;1-2/h6,9-11,14-17,26H,7-8,12-13,18H2,1-5H3;3H,1-2H2;1-2H3/b19-6+;;. The Morgan fingerprint density at radius 1 is 1.16 bits per heavy atom. The van der Waals surface area contributed by atoms with Crippen molar-refractivity contribution < 1.29 is 13.9 Å². The van der Waals surface area contributed by atoms with Crippen LogP contribution in [-0.4, -0.2) is 18.4 Å². The molecule has 1 atom stereocenters. The summed E-state index contributed by atoms with van der Waals surface area (Å²) < 4.78 is 20.0. The molecule has 0 bridgehead atoms. The number of Topliss-reactive ketones (excluding diaryl/α,β-unsaturated/α-hetero) is 1. The highest BCUT2D eigenvalue weighted by atomic mass is 35.5. The summed E-state index contributed by atoms with van der Waals surface area (Å²) in [6, 6.07) is 12.9. The topological polar surface area (TPSA) is 29.5 Å². The number of ether oxygens (including phenoxy) is 1. The van der Waals surface area contributed by atoms with Crippen LogP contribution in [0.4, 0.5) is 10.1 Å². The second-order valence-electron chi connectivity index (χ2n) is 8.35. The lowest BCUT2D eigenvalue weighted by atomic mass is 10.0. The number of hydrogen-bond donors (Lipinski definition) is 0. The molecule has 1 unspecified atom stereocenters. The molecule has 0 aliphatic carbocycles. The summed E-state index contributed by atoms with van der Waals surface area (Å²) in [5.74, 6) is 0.493. The number of aryl methyl sites for hydroxylation is 1. The summed E-state index contributed by atoms with van der Waals surface area (Å²) in [5, 5.41) is 0.491. The SMILES string of the molecule is C/C=C(\C)CCc1ccc(F)cc1N(CC)Cc1cccc(OC(CC)C(C)=O)c1.C=CC(=C)Cl.CC. The van der Waals surface area contributed by atoms with E-state index in [0.717, 1.165) is 36.2 Å². The molecule has 0 radical (unpaired) electrons. The van der Waals surface area contributed by atoms with Crippen molar-refractivity contribution in [2.24, 2.45) is 0 Å². The predicted octanol–water partition coefficient (Wildman–Crippen LogP) is 9.45. The summed E-state index contributed by atoms with van der Waals surface area (Å²) >= 11 is 5.15. The van der Waals surface area contributed by atoms with E-state index in [4.69, 9.17) is 16.3 Å². The van der Waals surface area contributed by atoms with Gasteiger partial charge in [0.25, 0.3) is 0 Å². The number of hydrogen-bond acceptors (Lipinski definition) is 3. The molecule has 204 valence electrons. The lowest BCUT2D eigenvalue weighted by molar-refractivity contribution is -0.123. The Balaban J connectivity index is 0.00000165. The van der Waals surface area contributed by atoms with E-state index < -0.39 is 6.10 Å². The summed E-state index contributed by atoms with van der Waals surface area (Å²) in [6.45, 7) is 21.8. The van der Waals surface area contributed by atoms with Gasteiger partial charge in [-0.3, -0.25) is 4.79 Å². The van der Waals surface area contributed by atoms with Crippen LogP contribution in [-0.2, 0) is 17.8 Å². The van der Waals surface area contributed by atoms with E-state index in [1.807, 2.05) is 58.0 Å². The van der Waals surface area contributed by atoms with Gasteiger partial charge in [-0.15, -0.1) is 0 Å². The lowest BCUT2D eigenvalue weighted by Crippen LogP contribution is -2.25. The molecule has 0 saturated heterocycles. The average Bonchev–Trinajstić information content (AvgIpc) is 2.90. The highest BCUT2D eigenvalue weighted by Gasteiger charge is 2.15. The molecule has 0 amide bonds. The number of carbonyl (C=O) groups is 1.